The van der Waals surface area contributed by atoms with E-state index in [1.807, 2.05) is 42.5 Å². The third-order valence-corrected chi connectivity index (χ3v) is 3.55. The van der Waals surface area contributed by atoms with E-state index >= 15 is 0 Å². The molecule has 1 fully saturated rings. The second-order valence-corrected chi connectivity index (χ2v) is 5.08. The van der Waals surface area contributed by atoms with Gasteiger partial charge in [-0.15, -0.1) is 12.4 Å². The monoisotopic (exact) mass is 321 g/mol. The molecule has 22 heavy (non-hydrogen) atoms. The molecule has 2 aromatic carbocycles. The van der Waals surface area contributed by atoms with Gasteiger partial charge in [-0.1, -0.05) is 30.3 Å². The number of hydrogen-bond acceptors (Lipinski definition) is 4. The van der Waals surface area contributed by atoms with E-state index in [1.165, 1.54) is 0 Å². The van der Waals surface area contributed by atoms with Crippen LogP contribution in [0.2, 0.25) is 0 Å². The summed E-state index contributed by atoms with van der Waals surface area (Å²) < 4.78 is 11.1. The van der Waals surface area contributed by atoms with Gasteiger partial charge in [0.1, 0.15) is 18.1 Å². The summed E-state index contributed by atoms with van der Waals surface area (Å²) in [5, 5.41) is 13.5. The molecule has 1 heterocycles. The number of benzene rings is 2. The average Bonchev–Trinajstić information content (AvgIpc) is 2.55. The normalized spacial score (nSPS) is 17.5. The molecule has 0 radical (unpaired) electrons. The standard InChI is InChI=1S/C17H19NO3.ClH/c19-17-10-14(21-11-13-4-2-1-3-5-13)6-7-15(17)16-12-20-9-8-18-16;/h1-7,10,16,18-19H,8-9,11-12H2;1H/t16-;/m0./s1. The van der Waals surface area contributed by atoms with Gasteiger partial charge in [0, 0.05) is 18.2 Å². The van der Waals surface area contributed by atoms with E-state index in [9.17, 15) is 5.11 Å². The SMILES string of the molecule is Cl.Oc1cc(OCc2ccccc2)ccc1[C@@H]1COCCN1. The summed E-state index contributed by atoms with van der Waals surface area (Å²) in [5.74, 6) is 0.903. The first-order valence-electron chi connectivity index (χ1n) is 7.14. The molecule has 1 aliphatic heterocycles. The molecule has 0 aromatic heterocycles. The van der Waals surface area contributed by atoms with Crippen molar-refractivity contribution in [1.29, 1.82) is 0 Å². The van der Waals surface area contributed by atoms with E-state index in [0.29, 0.717) is 19.0 Å². The van der Waals surface area contributed by atoms with Gasteiger partial charge in [0.2, 0.25) is 0 Å². The Balaban J connectivity index is 0.00000176. The van der Waals surface area contributed by atoms with Crippen LogP contribution in [-0.2, 0) is 11.3 Å². The van der Waals surface area contributed by atoms with E-state index in [-0.39, 0.29) is 24.2 Å². The molecule has 0 amide bonds. The Hall–Kier alpha value is -1.75. The fourth-order valence-electron chi connectivity index (χ4n) is 2.41. The van der Waals surface area contributed by atoms with E-state index < -0.39 is 0 Å². The Morgan fingerprint density at radius 2 is 2.00 bits per heavy atom. The highest BCUT2D eigenvalue weighted by Crippen LogP contribution is 2.29. The molecular formula is C17H20ClNO3. The van der Waals surface area contributed by atoms with Crippen LogP contribution >= 0.6 is 12.4 Å². The zero-order valence-electron chi connectivity index (χ0n) is 12.2. The van der Waals surface area contributed by atoms with Crippen LogP contribution in [0.25, 0.3) is 0 Å². The van der Waals surface area contributed by atoms with Gasteiger partial charge in [-0.3, -0.25) is 0 Å². The van der Waals surface area contributed by atoms with Crippen LogP contribution in [0.15, 0.2) is 48.5 Å². The Morgan fingerprint density at radius 1 is 1.18 bits per heavy atom. The van der Waals surface area contributed by atoms with Crippen LogP contribution in [0.3, 0.4) is 0 Å². The highest BCUT2D eigenvalue weighted by molar-refractivity contribution is 5.85. The smallest absolute Gasteiger partial charge is 0.124 e. The molecule has 118 valence electrons. The predicted octanol–water partition coefficient (Wildman–Crippen LogP) is 3.05. The molecule has 0 spiro atoms. The molecule has 2 aromatic rings. The fraction of sp³-hybridized carbons (Fsp3) is 0.294. The summed E-state index contributed by atoms with van der Waals surface area (Å²) in [4.78, 5) is 0. The molecule has 4 nitrogen and oxygen atoms in total. The predicted molar refractivity (Wildman–Crippen MR) is 87.7 cm³/mol. The number of ether oxygens (including phenoxy) is 2. The molecule has 3 rings (SSSR count). The first kappa shape index (κ1) is 16.6. The van der Waals surface area contributed by atoms with Gasteiger partial charge in [0.25, 0.3) is 0 Å². The summed E-state index contributed by atoms with van der Waals surface area (Å²) in [6, 6.07) is 15.4. The van der Waals surface area contributed by atoms with Gasteiger partial charge in [0.05, 0.1) is 19.3 Å². The van der Waals surface area contributed by atoms with Crippen LogP contribution in [0.4, 0.5) is 0 Å². The number of aromatic hydroxyl groups is 1. The molecule has 2 N–H and O–H groups in total. The van der Waals surface area contributed by atoms with E-state index in [1.54, 1.807) is 6.07 Å². The quantitative estimate of drug-likeness (QED) is 0.908. The van der Waals surface area contributed by atoms with E-state index in [4.69, 9.17) is 9.47 Å². The fourth-order valence-corrected chi connectivity index (χ4v) is 2.41. The van der Waals surface area contributed by atoms with Gasteiger partial charge in [-0.2, -0.15) is 0 Å². The van der Waals surface area contributed by atoms with Crippen molar-refractivity contribution in [3.8, 4) is 11.5 Å². The first-order chi connectivity index (χ1) is 10.3. The van der Waals surface area contributed by atoms with E-state index in [0.717, 1.165) is 24.3 Å². The zero-order valence-corrected chi connectivity index (χ0v) is 13.0. The number of morpholine rings is 1. The highest BCUT2D eigenvalue weighted by atomic mass is 35.5. The molecule has 1 aliphatic rings. The third-order valence-electron chi connectivity index (χ3n) is 3.55. The highest BCUT2D eigenvalue weighted by Gasteiger charge is 2.18. The van der Waals surface area contributed by atoms with Gasteiger partial charge < -0.3 is 19.9 Å². The number of phenols is 1. The molecule has 1 atom stereocenters. The maximum Gasteiger partial charge on any atom is 0.124 e. The van der Waals surface area contributed by atoms with Gasteiger partial charge >= 0.3 is 0 Å². The Bertz CT molecular complexity index is 586. The number of halogens is 1. The molecule has 0 saturated carbocycles. The summed E-state index contributed by atoms with van der Waals surface area (Å²) >= 11 is 0. The van der Waals surface area contributed by atoms with Crippen molar-refractivity contribution in [1.82, 2.24) is 5.32 Å². The zero-order chi connectivity index (χ0) is 14.5. The van der Waals surface area contributed by atoms with Crippen molar-refractivity contribution < 1.29 is 14.6 Å². The molecule has 0 aliphatic carbocycles. The van der Waals surface area contributed by atoms with Gasteiger partial charge in [0.15, 0.2) is 0 Å². The second-order valence-electron chi connectivity index (χ2n) is 5.08. The van der Waals surface area contributed by atoms with Gasteiger partial charge in [-0.05, 0) is 17.7 Å². The van der Waals surface area contributed by atoms with Gasteiger partial charge in [-0.25, -0.2) is 0 Å². The first-order valence-corrected chi connectivity index (χ1v) is 7.14. The molecular weight excluding hydrogens is 302 g/mol. The lowest BCUT2D eigenvalue weighted by molar-refractivity contribution is 0.0760. The molecule has 0 bridgehead atoms. The topological polar surface area (TPSA) is 50.7 Å². The minimum Gasteiger partial charge on any atom is -0.507 e. The number of hydrogen-bond donors (Lipinski definition) is 2. The lowest BCUT2D eigenvalue weighted by Crippen LogP contribution is -2.34. The maximum atomic E-state index is 10.2. The molecule has 0 unspecified atom stereocenters. The Kier molecular flexibility index (Phi) is 6.07. The summed E-state index contributed by atoms with van der Waals surface area (Å²) in [6.07, 6.45) is 0. The number of nitrogens with one attached hydrogen (secondary N) is 1. The largest absolute Gasteiger partial charge is 0.507 e. The van der Waals surface area contributed by atoms with Crippen molar-refractivity contribution in [2.24, 2.45) is 0 Å². The molecule has 5 heteroatoms. The van der Waals surface area contributed by atoms with Crippen LogP contribution in [0.5, 0.6) is 11.5 Å². The Labute approximate surface area is 136 Å². The van der Waals surface area contributed by atoms with Crippen LogP contribution in [0, 0.1) is 0 Å². The maximum absolute atomic E-state index is 10.2. The summed E-state index contributed by atoms with van der Waals surface area (Å²) in [6.45, 7) is 2.59. The van der Waals surface area contributed by atoms with E-state index in [2.05, 4.69) is 5.32 Å². The van der Waals surface area contributed by atoms with Crippen molar-refractivity contribution >= 4 is 12.4 Å². The average molecular weight is 322 g/mol. The van der Waals surface area contributed by atoms with Crippen LogP contribution in [0.1, 0.15) is 17.2 Å². The summed E-state index contributed by atoms with van der Waals surface area (Å²) in [5.41, 5.74) is 1.95. The van der Waals surface area contributed by atoms with Crippen molar-refractivity contribution in [2.45, 2.75) is 12.6 Å². The van der Waals surface area contributed by atoms with Crippen LogP contribution in [-0.4, -0.2) is 24.9 Å². The van der Waals surface area contributed by atoms with Crippen molar-refractivity contribution in [3.63, 3.8) is 0 Å². The minimum absolute atomic E-state index is 0. The number of phenolic OH excluding ortho intramolecular Hbond substituents is 1. The molecule has 1 saturated heterocycles. The van der Waals surface area contributed by atoms with Crippen LogP contribution < -0.4 is 10.1 Å². The van der Waals surface area contributed by atoms with Crippen molar-refractivity contribution in [3.05, 3.63) is 59.7 Å². The second kappa shape index (κ2) is 8.03. The summed E-state index contributed by atoms with van der Waals surface area (Å²) in [7, 11) is 0. The Morgan fingerprint density at radius 3 is 2.68 bits per heavy atom. The van der Waals surface area contributed by atoms with Crippen molar-refractivity contribution in [2.75, 3.05) is 19.8 Å². The third kappa shape index (κ3) is 4.13. The number of rotatable bonds is 4. The lowest BCUT2D eigenvalue weighted by Gasteiger charge is -2.25. The lowest BCUT2D eigenvalue weighted by atomic mass is 10.1. The minimum atomic E-state index is 0.